The third kappa shape index (κ3) is 3.29. The van der Waals surface area contributed by atoms with Gasteiger partial charge in [0.15, 0.2) is 0 Å². The van der Waals surface area contributed by atoms with Crippen molar-refractivity contribution in [1.29, 1.82) is 0 Å². The van der Waals surface area contributed by atoms with Crippen molar-refractivity contribution in [1.82, 2.24) is 0 Å². The number of thiophene rings is 1. The Hall–Kier alpha value is -0.0600. The molecule has 0 aromatic carbocycles. The van der Waals surface area contributed by atoms with Crippen molar-refractivity contribution in [2.75, 3.05) is 0 Å². The van der Waals surface area contributed by atoms with E-state index in [1.54, 1.807) is 6.07 Å². The number of hydrogen-bond acceptors (Lipinski definition) is 3. The monoisotopic (exact) mass is 238 g/mol. The standard InChI is InChI=1S/C8H11ClO2S2/c1-2-3-4-7-5-6-8(12-7)13(9,10)11/h5-6H,2-4H2,1H3. The lowest BCUT2D eigenvalue weighted by Gasteiger charge is -1.91. The summed E-state index contributed by atoms with van der Waals surface area (Å²) in [7, 11) is 1.67. The minimum atomic E-state index is -3.52. The van der Waals surface area contributed by atoms with Gasteiger partial charge >= 0.3 is 0 Å². The Morgan fingerprint density at radius 1 is 1.46 bits per heavy atom. The Labute approximate surface area is 87.0 Å². The first-order chi connectivity index (χ1) is 6.04. The fraction of sp³-hybridized carbons (Fsp3) is 0.500. The highest BCUT2D eigenvalue weighted by Crippen LogP contribution is 2.25. The highest BCUT2D eigenvalue weighted by Gasteiger charge is 2.12. The van der Waals surface area contributed by atoms with Crippen molar-refractivity contribution >= 4 is 31.1 Å². The van der Waals surface area contributed by atoms with Gasteiger partial charge in [-0.3, -0.25) is 0 Å². The second-order valence-corrected chi connectivity index (χ2v) is 6.72. The van der Waals surface area contributed by atoms with E-state index < -0.39 is 9.05 Å². The molecular formula is C8H11ClO2S2. The summed E-state index contributed by atoms with van der Waals surface area (Å²) in [5, 5.41) is 0. The number of hydrogen-bond donors (Lipinski definition) is 0. The van der Waals surface area contributed by atoms with E-state index in [0.29, 0.717) is 0 Å². The van der Waals surface area contributed by atoms with Gasteiger partial charge < -0.3 is 0 Å². The smallest absolute Gasteiger partial charge is 0.206 e. The van der Waals surface area contributed by atoms with E-state index in [1.165, 1.54) is 11.3 Å². The van der Waals surface area contributed by atoms with E-state index >= 15 is 0 Å². The Bertz CT molecular complexity index is 367. The molecule has 0 saturated heterocycles. The van der Waals surface area contributed by atoms with Gasteiger partial charge in [0, 0.05) is 15.6 Å². The Kier molecular flexibility index (Phi) is 3.76. The lowest BCUT2D eigenvalue weighted by Crippen LogP contribution is -1.83. The highest BCUT2D eigenvalue weighted by atomic mass is 35.7. The molecule has 13 heavy (non-hydrogen) atoms. The molecule has 1 heterocycles. The van der Waals surface area contributed by atoms with Gasteiger partial charge in [-0.1, -0.05) is 13.3 Å². The molecular weight excluding hydrogens is 228 g/mol. The minimum Gasteiger partial charge on any atom is -0.206 e. The molecule has 2 nitrogen and oxygen atoms in total. The zero-order valence-electron chi connectivity index (χ0n) is 7.29. The van der Waals surface area contributed by atoms with E-state index in [1.807, 2.05) is 6.07 Å². The molecule has 0 bridgehead atoms. The van der Waals surface area contributed by atoms with E-state index in [4.69, 9.17) is 10.7 Å². The molecule has 0 aliphatic heterocycles. The van der Waals surface area contributed by atoms with Crippen LogP contribution in [0.3, 0.4) is 0 Å². The molecule has 1 aromatic heterocycles. The van der Waals surface area contributed by atoms with E-state index in [-0.39, 0.29) is 4.21 Å². The Morgan fingerprint density at radius 3 is 2.62 bits per heavy atom. The van der Waals surface area contributed by atoms with Crippen molar-refractivity contribution in [2.24, 2.45) is 0 Å². The van der Waals surface area contributed by atoms with Gasteiger partial charge in [-0.15, -0.1) is 11.3 Å². The second-order valence-electron chi connectivity index (χ2n) is 2.76. The fourth-order valence-corrected chi connectivity index (χ4v) is 3.14. The molecule has 0 radical (unpaired) electrons. The van der Waals surface area contributed by atoms with Crippen LogP contribution in [0.15, 0.2) is 16.3 Å². The topological polar surface area (TPSA) is 34.1 Å². The molecule has 0 aliphatic rings. The van der Waals surface area contributed by atoms with Crippen LogP contribution in [-0.4, -0.2) is 8.42 Å². The van der Waals surface area contributed by atoms with Gasteiger partial charge in [-0.25, -0.2) is 8.42 Å². The van der Waals surface area contributed by atoms with Gasteiger partial charge in [0.25, 0.3) is 9.05 Å². The second kappa shape index (κ2) is 4.44. The van der Waals surface area contributed by atoms with Crippen LogP contribution in [0.25, 0.3) is 0 Å². The summed E-state index contributed by atoms with van der Waals surface area (Å²) in [5.41, 5.74) is 0. The van der Waals surface area contributed by atoms with Gasteiger partial charge in [0.05, 0.1) is 0 Å². The van der Waals surface area contributed by atoms with Crippen LogP contribution in [0.5, 0.6) is 0 Å². The van der Waals surface area contributed by atoms with Crippen LogP contribution >= 0.6 is 22.0 Å². The third-order valence-corrected chi connectivity index (χ3v) is 4.89. The molecule has 0 aliphatic carbocycles. The summed E-state index contributed by atoms with van der Waals surface area (Å²) in [5.74, 6) is 0. The molecule has 1 rings (SSSR count). The molecule has 0 saturated carbocycles. The third-order valence-electron chi connectivity index (χ3n) is 1.65. The predicted octanol–water partition coefficient (Wildman–Crippen LogP) is 3.02. The first-order valence-corrected chi connectivity index (χ1v) is 7.20. The van der Waals surface area contributed by atoms with Crippen LogP contribution in [0.1, 0.15) is 24.6 Å². The van der Waals surface area contributed by atoms with Crippen LogP contribution < -0.4 is 0 Å². The summed E-state index contributed by atoms with van der Waals surface area (Å²) in [6.07, 6.45) is 3.14. The first-order valence-electron chi connectivity index (χ1n) is 4.07. The highest BCUT2D eigenvalue weighted by molar-refractivity contribution is 8.15. The summed E-state index contributed by atoms with van der Waals surface area (Å²) < 4.78 is 22.0. The molecule has 5 heteroatoms. The molecule has 0 unspecified atom stereocenters. The number of rotatable bonds is 4. The maximum absolute atomic E-state index is 10.9. The van der Waals surface area contributed by atoms with E-state index in [2.05, 4.69) is 6.92 Å². The quantitative estimate of drug-likeness (QED) is 0.756. The van der Waals surface area contributed by atoms with Crippen molar-refractivity contribution in [3.05, 3.63) is 17.0 Å². The average Bonchev–Trinajstić information content (AvgIpc) is 2.47. The maximum Gasteiger partial charge on any atom is 0.270 e. The lowest BCUT2D eigenvalue weighted by atomic mass is 10.2. The van der Waals surface area contributed by atoms with Crippen molar-refractivity contribution in [2.45, 2.75) is 30.4 Å². The Morgan fingerprint density at radius 2 is 2.15 bits per heavy atom. The number of aryl methyl sites for hydroxylation is 1. The number of halogens is 1. The summed E-state index contributed by atoms with van der Waals surface area (Å²) in [6, 6.07) is 3.40. The van der Waals surface area contributed by atoms with Gasteiger partial charge in [0.1, 0.15) is 4.21 Å². The molecule has 0 N–H and O–H groups in total. The molecule has 74 valence electrons. The zero-order valence-corrected chi connectivity index (χ0v) is 9.68. The molecule has 0 spiro atoms. The van der Waals surface area contributed by atoms with Crippen LogP contribution in [-0.2, 0) is 15.5 Å². The van der Waals surface area contributed by atoms with Crippen LogP contribution in [0, 0.1) is 0 Å². The molecule has 0 amide bonds. The predicted molar refractivity (Wildman–Crippen MR) is 56.0 cm³/mol. The van der Waals surface area contributed by atoms with E-state index in [9.17, 15) is 8.42 Å². The van der Waals surface area contributed by atoms with Gasteiger partial charge in [0.2, 0.25) is 0 Å². The summed E-state index contributed by atoms with van der Waals surface area (Å²) in [6.45, 7) is 2.10. The summed E-state index contributed by atoms with van der Waals surface area (Å²) >= 11 is 1.26. The first kappa shape index (κ1) is 11.0. The van der Waals surface area contributed by atoms with Crippen molar-refractivity contribution < 1.29 is 8.42 Å². The largest absolute Gasteiger partial charge is 0.270 e. The van der Waals surface area contributed by atoms with E-state index in [0.717, 1.165) is 24.1 Å². The minimum absolute atomic E-state index is 0.250. The Balaban J connectivity index is 2.76. The average molecular weight is 239 g/mol. The molecule has 0 atom stereocenters. The molecule has 0 fully saturated rings. The van der Waals surface area contributed by atoms with Gasteiger partial charge in [-0.05, 0) is 25.0 Å². The molecule has 1 aromatic rings. The van der Waals surface area contributed by atoms with Crippen molar-refractivity contribution in [3.63, 3.8) is 0 Å². The van der Waals surface area contributed by atoms with Crippen LogP contribution in [0.2, 0.25) is 0 Å². The fourth-order valence-electron chi connectivity index (χ4n) is 0.975. The SMILES string of the molecule is CCCCc1ccc(S(=O)(=O)Cl)s1. The summed E-state index contributed by atoms with van der Waals surface area (Å²) in [4.78, 5) is 1.08. The lowest BCUT2D eigenvalue weighted by molar-refractivity contribution is 0.611. The van der Waals surface area contributed by atoms with Crippen molar-refractivity contribution in [3.8, 4) is 0 Å². The number of unbranched alkanes of at least 4 members (excludes halogenated alkanes) is 1. The normalized spacial score (nSPS) is 11.8. The van der Waals surface area contributed by atoms with Crippen LogP contribution in [0.4, 0.5) is 0 Å². The van der Waals surface area contributed by atoms with Gasteiger partial charge in [-0.2, -0.15) is 0 Å². The maximum atomic E-state index is 10.9. The zero-order chi connectivity index (χ0) is 9.90.